The van der Waals surface area contributed by atoms with E-state index in [0.717, 1.165) is 18.4 Å². The lowest BCUT2D eigenvalue weighted by Crippen LogP contribution is -2.43. The van der Waals surface area contributed by atoms with Gasteiger partial charge >= 0.3 is 0 Å². The number of nitrogens with zero attached hydrogens (tertiary/aromatic N) is 1. The highest BCUT2D eigenvalue weighted by Gasteiger charge is 2.32. The molecule has 1 aromatic heterocycles. The van der Waals surface area contributed by atoms with Crippen molar-refractivity contribution in [3.05, 3.63) is 51.8 Å². The fourth-order valence-corrected chi connectivity index (χ4v) is 2.67. The van der Waals surface area contributed by atoms with Crippen molar-refractivity contribution in [1.82, 2.24) is 10.5 Å². The van der Waals surface area contributed by atoms with Crippen LogP contribution in [0.2, 0.25) is 10.0 Å². The molecule has 0 bridgehead atoms. The Morgan fingerprint density at radius 1 is 1.25 bits per heavy atom. The summed E-state index contributed by atoms with van der Waals surface area (Å²) in [7, 11) is 0. The van der Waals surface area contributed by atoms with Gasteiger partial charge in [-0.1, -0.05) is 34.4 Å². The van der Waals surface area contributed by atoms with Gasteiger partial charge in [0.05, 0.1) is 10.0 Å². The molecule has 1 fully saturated rings. The van der Waals surface area contributed by atoms with Gasteiger partial charge in [0.1, 0.15) is 6.26 Å². The lowest BCUT2D eigenvalue weighted by atomic mass is 9.76. The number of halogens is 2. The number of nitrogens with one attached hydrogen (secondary N) is 1. The van der Waals surface area contributed by atoms with Crippen LogP contribution < -0.4 is 5.32 Å². The van der Waals surface area contributed by atoms with Gasteiger partial charge in [-0.25, -0.2) is 0 Å². The van der Waals surface area contributed by atoms with E-state index in [1.807, 2.05) is 12.1 Å². The normalized spacial score (nSPS) is 21.3. The van der Waals surface area contributed by atoms with Crippen LogP contribution in [0.5, 0.6) is 0 Å². The maximum absolute atomic E-state index is 11.8. The molecule has 1 aliphatic rings. The number of amides is 1. The lowest BCUT2D eigenvalue weighted by molar-refractivity contribution is 0.0899. The Kier molecular flexibility index (Phi) is 3.68. The number of aromatic nitrogens is 1. The summed E-state index contributed by atoms with van der Waals surface area (Å²) in [5.41, 5.74) is 1.47. The van der Waals surface area contributed by atoms with E-state index in [2.05, 4.69) is 15.0 Å². The fraction of sp³-hybridized carbons (Fsp3) is 0.286. The predicted molar refractivity (Wildman–Crippen MR) is 76.2 cm³/mol. The molecule has 1 heterocycles. The number of carbonyl (C=O) groups excluding carboxylic acids is 1. The third-order valence-corrected chi connectivity index (χ3v) is 4.30. The molecular weight excluding hydrogens is 299 g/mol. The van der Waals surface area contributed by atoms with Crippen molar-refractivity contribution in [1.29, 1.82) is 0 Å². The van der Waals surface area contributed by atoms with Gasteiger partial charge in [0.25, 0.3) is 5.91 Å². The first-order valence-corrected chi connectivity index (χ1v) is 7.05. The zero-order valence-corrected chi connectivity index (χ0v) is 12.0. The first kappa shape index (κ1) is 13.5. The predicted octanol–water partition coefficient (Wildman–Crippen LogP) is 3.66. The number of rotatable bonds is 3. The fourth-order valence-electron chi connectivity index (χ4n) is 2.36. The second kappa shape index (κ2) is 5.46. The van der Waals surface area contributed by atoms with E-state index < -0.39 is 0 Å². The molecule has 0 spiro atoms. The molecule has 0 aliphatic heterocycles. The topological polar surface area (TPSA) is 55.1 Å². The average Bonchev–Trinajstić information content (AvgIpc) is 2.90. The van der Waals surface area contributed by atoms with Crippen LogP contribution in [0, 0.1) is 0 Å². The van der Waals surface area contributed by atoms with Gasteiger partial charge in [-0.2, -0.15) is 0 Å². The minimum absolute atomic E-state index is 0.165. The highest BCUT2D eigenvalue weighted by molar-refractivity contribution is 6.42. The molecule has 1 aromatic carbocycles. The number of carbonyl (C=O) groups is 1. The van der Waals surface area contributed by atoms with Crippen LogP contribution in [0.4, 0.5) is 0 Å². The van der Waals surface area contributed by atoms with Crippen molar-refractivity contribution in [2.75, 3.05) is 0 Å². The van der Waals surface area contributed by atoms with Crippen LogP contribution in [-0.4, -0.2) is 17.1 Å². The van der Waals surface area contributed by atoms with Gasteiger partial charge in [0, 0.05) is 12.1 Å². The molecule has 1 amide bonds. The quantitative estimate of drug-likeness (QED) is 0.941. The van der Waals surface area contributed by atoms with Crippen LogP contribution in [0.15, 0.2) is 35.1 Å². The maximum Gasteiger partial charge on any atom is 0.273 e. The van der Waals surface area contributed by atoms with Crippen LogP contribution in [0.25, 0.3) is 0 Å². The number of hydrogen-bond donors (Lipinski definition) is 1. The average molecular weight is 311 g/mol. The summed E-state index contributed by atoms with van der Waals surface area (Å²) >= 11 is 11.9. The van der Waals surface area contributed by atoms with Crippen molar-refractivity contribution in [2.24, 2.45) is 0 Å². The van der Waals surface area contributed by atoms with Gasteiger partial charge in [0.15, 0.2) is 5.69 Å². The van der Waals surface area contributed by atoms with Crippen molar-refractivity contribution < 1.29 is 9.32 Å². The van der Waals surface area contributed by atoms with Gasteiger partial charge in [0.2, 0.25) is 0 Å². The Hall–Kier alpha value is -1.52. The molecule has 1 saturated carbocycles. The first-order valence-electron chi connectivity index (χ1n) is 6.29. The van der Waals surface area contributed by atoms with Crippen molar-refractivity contribution in [3.63, 3.8) is 0 Å². The van der Waals surface area contributed by atoms with Gasteiger partial charge in [-0.3, -0.25) is 4.79 Å². The molecule has 2 aromatic rings. The molecule has 1 aliphatic carbocycles. The minimum atomic E-state index is -0.198. The molecule has 0 atom stereocenters. The zero-order chi connectivity index (χ0) is 14.1. The van der Waals surface area contributed by atoms with E-state index in [4.69, 9.17) is 23.2 Å². The Bertz CT molecular complexity index is 622. The Labute approximate surface area is 126 Å². The van der Waals surface area contributed by atoms with Crippen molar-refractivity contribution in [3.8, 4) is 0 Å². The second-order valence-corrected chi connectivity index (χ2v) is 5.71. The van der Waals surface area contributed by atoms with E-state index in [9.17, 15) is 4.79 Å². The molecule has 20 heavy (non-hydrogen) atoms. The lowest BCUT2D eigenvalue weighted by Gasteiger charge is -2.36. The second-order valence-electron chi connectivity index (χ2n) is 4.90. The molecule has 104 valence electrons. The molecule has 0 saturated heterocycles. The van der Waals surface area contributed by atoms with Crippen molar-refractivity contribution in [2.45, 2.75) is 24.8 Å². The van der Waals surface area contributed by atoms with Gasteiger partial charge in [-0.15, -0.1) is 0 Å². The summed E-state index contributed by atoms with van der Waals surface area (Å²) in [5, 5.41) is 7.66. The third-order valence-electron chi connectivity index (χ3n) is 3.56. The maximum atomic E-state index is 11.8. The summed E-state index contributed by atoms with van der Waals surface area (Å²) in [4.78, 5) is 11.8. The SMILES string of the molecule is O=C(NC1CC(c2ccc(Cl)c(Cl)c2)C1)c1ccon1. The Morgan fingerprint density at radius 2 is 2.05 bits per heavy atom. The van der Waals surface area contributed by atoms with E-state index in [1.54, 1.807) is 12.1 Å². The molecule has 0 unspecified atom stereocenters. The summed E-state index contributed by atoms with van der Waals surface area (Å²) < 4.78 is 4.65. The first-order chi connectivity index (χ1) is 9.63. The molecule has 4 nitrogen and oxygen atoms in total. The standard InChI is InChI=1S/C14H12Cl2N2O2/c15-11-2-1-8(7-12(11)16)9-5-10(6-9)17-14(19)13-3-4-20-18-13/h1-4,7,9-10H,5-6H2,(H,17,19). The third kappa shape index (κ3) is 2.67. The van der Waals surface area contributed by atoms with Crippen molar-refractivity contribution >= 4 is 29.1 Å². The van der Waals surface area contributed by atoms with E-state index in [1.165, 1.54) is 6.26 Å². The Balaban J connectivity index is 1.56. The monoisotopic (exact) mass is 310 g/mol. The van der Waals surface area contributed by atoms with Crippen LogP contribution in [-0.2, 0) is 0 Å². The Morgan fingerprint density at radius 3 is 2.70 bits per heavy atom. The van der Waals surface area contributed by atoms with E-state index in [0.29, 0.717) is 21.7 Å². The molecular formula is C14H12Cl2N2O2. The van der Waals surface area contributed by atoms with Crippen LogP contribution in [0.1, 0.15) is 34.8 Å². The molecule has 6 heteroatoms. The summed E-state index contributed by atoms with van der Waals surface area (Å²) in [6, 6.07) is 7.39. The van der Waals surface area contributed by atoms with Crippen LogP contribution >= 0.6 is 23.2 Å². The van der Waals surface area contributed by atoms with E-state index in [-0.39, 0.29) is 11.9 Å². The highest BCUT2D eigenvalue weighted by atomic mass is 35.5. The minimum Gasteiger partial charge on any atom is -0.364 e. The molecule has 0 radical (unpaired) electrons. The summed E-state index contributed by atoms with van der Waals surface area (Å²) in [5.74, 6) is 0.212. The van der Waals surface area contributed by atoms with Crippen LogP contribution in [0.3, 0.4) is 0 Å². The number of benzene rings is 1. The smallest absolute Gasteiger partial charge is 0.273 e. The van der Waals surface area contributed by atoms with Gasteiger partial charge < -0.3 is 9.84 Å². The van der Waals surface area contributed by atoms with Gasteiger partial charge in [-0.05, 0) is 36.5 Å². The number of hydrogen-bond acceptors (Lipinski definition) is 3. The highest BCUT2D eigenvalue weighted by Crippen LogP contribution is 2.38. The summed E-state index contributed by atoms with van der Waals surface area (Å²) in [6.07, 6.45) is 3.16. The largest absolute Gasteiger partial charge is 0.364 e. The molecule has 1 N–H and O–H groups in total. The van der Waals surface area contributed by atoms with E-state index >= 15 is 0 Å². The summed E-state index contributed by atoms with van der Waals surface area (Å²) in [6.45, 7) is 0. The molecule has 3 rings (SSSR count). The zero-order valence-electron chi connectivity index (χ0n) is 10.5.